The smallest absolute Gasteiger partial charge is 0.0208 e. The summed E-state index contributed by atoms with van der Waals surface area (Å²) >= 11 is 0. The van der Waals surface area contributed by atoms with Crippen LogP contribution in [0.15, 0.2) is 48.5 Å². The fourth-order valence-electron chi connectivity index (χ4n) is 2.31. The van der Waals surface area contributed by atoms with Crippen molar-refractivity contribution in [2.45, 2.75) is 33.2 Å². The van der Waals surface area contributed by atoms with Gasteiger partial charge in [-0.2, -0.15) is 0 Å². The van der Waals surface area contributed by atoms with Gasteiger partial charge < -0.3 is 5.32 Å². The van der Waals surface area contributed by atoms with E-state index >= 15 is 0 Å². The van der Waals surface area contributed by atoms with Crippen molar-refractivity contribution in [3.05, 3.63) is 70.8 Å². The van der Waals surface area contributed by atoms with Gasteiger partial charge in [-0.3, -0.25) is 0 Å². The molecular formula is C18H23N. The standard InChI is InChI=1S/C18H23N/c1-14-9-10-15(2)18(11-14)13-19-12-16(3)17-7-5-4-6-8-17/h4-11,16,19H,12-13H2,1-3H3. The number of aryl methyl sites for hydroxylation is 2. The largest absolute Gasteiger partial charge is 0.312 e. The Morgan fingerprint density at radius 1 is 1.00 bits per heavy atom. The van der Waals surface area contributed by atoms with Gasteiger partial charge in [0, 0.05) is 13.1 Å². The maximum Gasteiger partial charge on any atom is 0.0208 e. The van der Waals surface area contributed by atoms with Crippen molar-refractivity contribution in [2.75, 3.05) is 6.54 Å². The lowest BCUT2D eigenvalue weighted by atomic mass is 10.0. The Balaban J connectivity index is 1.88. The van der Waals surface area contributed by atoms with E-state index in [9.17, 15) is 0 Å². The average molecular weight is 253 g/mol. The molecule has 1 nitrogen and oxygen atoms in total. The van der Waals surface area contributed by atoms with Crippen molar-refractivity contribution in [3.8, 4) is 0 Å². The van der Waals surface area contributed by atoms with Crippen molar-refractivity contribution < 1.29 is 0 Å². The van der Waals surface area contributed by atoms with E-state index in [0.717, 1.165) is 13.1 Å². The van der Waals surface area contributed by atoms with E-state index in [-0.39, 0.29) is 0 Å². The summed E-state index contributed by atoms with van der Waals surface area (Å²) in [4.78, 5) is 0. The number of hydrogen-bond acceptors (Lipinski definition) is 1. The van der Waals surface area contributed by atoms with Crippen molar-refractivity contribution in [3.63, 3.8) is 0 Å². The molecule has 1 heteroatoms. The Kier molecular flexibility index (Phi) is 4.75. The summed E-state index contributed by atoms with van der Waals surface area (Å²) in [6.07, 6.45) is 0. The lowest BCUT2D eigenvalue weighted by Crippen LogP contribution is -2.20. The van der Waals surface area contributed by atoms with Crippen LogP contribution >= 0.6 is 0 Å². The maximum atomic E-state index is 3.57. The van der Waals surface area contributed by atoms with E-state index in [0.29, 0.717) is 5.92 Å². The molecule has 19 heavy (non-hydrogen) atoms. The molecule has 0 saturated carbocycles. The minimum atomic E-state index is 0.548. The Bertz CT molecular complexity index is 516. The minimum absolute atomic E-state index is 0.548. The van der Waals surface area contributed by atoms with Crippen LogP contribution in [0.2, 0.25) is 0 Å². The zero-order chi connectivity index (χ0) is 13.7. The first-order valence-electron chi connectivity index (χ1n) is 6.98. The molecule has 0 amide bonds. The van der Waals surface area contributed by atoms with E-state index in [1.54, 1.807) is 0 Å². The summed E-state index contributed by atoms with van der Waals surface area (Å²) in [5, 5.41) is 3.57. The number of rotatable bonds is 5. The van der Waals surface area contributed by atoms with E-state index in [1.807, 2.05) is 0 Å². The van der Waals surface area contributed by atoms with Gasteiger partial charge >= 0.3 is 0 Å². The first kappa shape index (κ1) is 13.8. The third-order valence-electron chi connectivity index (χ3n) is 3.64. The van der Waals surface area contributed by atoms with Crippen LogP contribution in [0, 0.1) is 13.8 Å². The van der Waals surface area contributed by atoms with Crippen molar-refractivity contribution in [2.24, 2.45) is 0 Å². The van der Waals surface area contributed by atoms with Gasteiger partial charge in [0.05, 0.1) is 0 Å². The molecule has 100 valence electrons. The molecular weight excluding hydrogens is 230 g/mol. The Hall–Kier alpha value is -1.60. The SMILES string of the molecule is Cc1ccc(C)c(CNCC(C)c2ccccc2)c1. The first-order valence-corrected chi connectivity index (χ1v) is 6.98. The molecule has 0 bridgehead atoms. The molecule has 0 aliphatic carbocycles. The molecule has 2 aromatic rings. The van der Waals surface area contributed by atoms with Crippen molar-refractivity contribution in [1.29, 1.82) is 0 Å². The normalized spacial score (nSPS) is 12.4. The van der Waals surface area contributed by atoms with E-state index in [4.69, 9.17) is 0 Å². The highest BCUT2D eigenvalue weighted by atomic mass is 14.9. The fraction of sp³-hybridized carbons (Fsp3) is 0.333. The Morgan fingerprint density at radius 3 is 2.47 bits per heavy atom. The molecule has 0 aliphatic rings. The minimum Gasteiger partial charge on any atom is -0.312 e. The summed E-state index contributed by atoms with van der Waals surface area (Å²) in [7, 11) is 0. The van der Waals surface area contributed by atoms with Gasteiger partial charge in [0.2, 0.25) is 0 Å². The van der Waals surface area contributed by atoms with Gasteiger partial charge in [-0.1, -0.05) is 61.0 Å². The lowest BCUT2D eigenvalue weighted by molar-refractivity contribution is 0.614. The molecule has 2 rings (SSSR count). The van der Waals surface area contributed by atoms with Crippen LogP contribution < -0.4 is 5.32 Å². The monoisotopic (exact) mass is 253 g/mol. The molecule has 0 saturated heterocycles. The van der Waals surface area contributed by atoms with Gasteiger partial charge in [-0.15, -0.1) is 0 Å². The second-order valence-corrected chi connectivity index (χ2v) is 5.37. The molecule has 0 spiro atoms. The predicted molar refractivity (Wildman–Crippen MR) is 82.5 cm³/mol. The molecule has 0 aromatic heterocycles. The highest BCUT2D eigenvalue weighted by Gasteiger charge is 2.05. The summed E-state index contributed by atoms with van der Waals surface area (Å²) in [5.74, 6) is 0.548. The zero-order valence-electron chi connectivity index (χ0n) is 12.1. The van der Waals surface area contributed by atoms with E-state index in [2.05, 4.69) is 74.6 Å². The van der Waals surface area contributed by atoms with Crippen LogP contribution in [-0.4, -0.2) is 6.54 Å². The molecule has 1 unspecified atom stereocenters. The molecule has 1 N–H and O–H groups in total. The summed E-state index contributed by atoms with van der Waals surface area (Å²) in [6.45, 7) is 8.56. The first-order chi connectivity index (χ1) is 9.16. The molecule has 0 radical (unpaired) electrons. The molecule has 0 aliphatic heterocycles. The lowest BCUT2D eigenvalue weighted by Gasteiger charge is -2.14. The van der Waals surface area contributed by atoms with Gasteiger partial charge in [0.25, 0.3) is 0 Å². The van der Waals surface area contributed by atoms with Gasteiger partial charge in [-0.05, 0) is 36.5 Å². The highest BCUT2D eigenvalue weighted by Crippen LogP contribution is 2.14. The molecule has 0 heterocycles. The topological polar surface area (TPSA) is 12.0 Å². The summed E-state index contributed by atoms with van der Waals surface area (Å²) in [6, 6.07) is 17.3. The third kappa shape index (κ3) is 3.93. The predicted octanol–water partition coefficient (Wildman–Crippen LogP) is 4.20. The average Bonchev–Trinajstić information content (AvgIpc) is 2.43. The summed E-state index contributed by atoms with van der Waals surface area (Å²) < 4.78 is 0. The maximum absolute atomic E-state index is 3.57. The van der Waals surface area contributed by atoms with Crippen LogP contribution in [0.25, 0.3) is 0 Å². The Morgan fingerprint density at radius 2 is 1.74 bits per heavy atom. The highest BCUT2D eigenvalue weighted by molar-refractivity contribution is 5.30. The molecule has 2 aromatic carbocycles. The van der Waals surface area contributed by atoms with Crippen LogP contribution in [0.4, 0.5) is 0 Å². The van der Waals surface area contributed by atoms with E-state index in [1.165, 1.54) is 22.3 Å². The number of hydrogen-bond donors (Lipinski definition) is 1. The summed E-state index contributed by atoms with van der Waals surface area (Å²) in [5.41, 5.74) is 5.50. The van der Waals surface area contributed by atoms with Crippen molar-refractivity contribution in [1.82, 2.24) is 5.32 Å². The van der Waals surface area contributed by atoms with Gasteiger partial charge in [0.15, 0.2) is 0 Å². The number of nitrogens with one attached hydrogen (secondary N) is 1. The van der Waals surface area contributed by atoms with Crippen LogP contribution in [-0.2, 0) is 6.54 Å². The quantitative estimate of drug-likeness (QED) is 0.842. The third-order valence-corrected chi connectivity index (χ3v) is 3.64. The fourth-order valence-corrected chi connectivity index (χ4v) is 2.31. The van der Waals surface area contributed by atoms with Crippen LogP contribution in [0.5, 0.6) is 0 Å². The Labute approximate surface area is 116 Å². The number of benzene rings is 2. The van der Waals surface area contributed by atoms with Gasteiger partial charge in [0.1, 0.15) is 0 Å². The molecule has 0 fully saturated rings. The van der Waals surface area contributed by atoms with E-state index < -0.39 is 0 Å². The van der Waals surface area contributed by atoms with Crippen molar-refractivity contribution >= 4 is 0 Å². The van der Waals surface area contributed by atoms with Gasteiger partial charge in [-0.25, -0.2) is 0 Å². The second-order valence-electron chi connectivity index (χ2n) is 5.37. The van der Waals surface area contributed by atoms with Crippen LogP contribution in [0.1, 0.15) is 35.1 Å². The molecule has 1 atom stereocenters. The van der Waals surface area contributed by atoms with Crippen LogP contribution in [0.3, 0.4) is 0 Å². The second kappa shape index (κ2) is 6.53. The zero-order valence-corrected chi connectivity index (χ0v) is 12.1.